The Kier molecular flexibility index (Phi) is 7.10. The highest BCUT2D eigenvalue weighted by molar-refractivity contribution is 6.31. The zero-order valence-electron chi connectivity index (χ0n) is 18.4. The molecule has 0 radical (unpaired) electrons. The van der Waals surface area contributed by atoms with E-state index in [9.17, 15) is 4.79 Å². The third-order valence-electron chi connectivity index (χ3n) is 5.02. The molecule has 0 aliphatic heterocycles. The predicted molar refractivity (Wildman–Crippen MR) is 125 cm³/mol. The van der Waals surface area contributed by atoms with E-state index in [1.165, 1.54) is 6.07 Å². The lowest BCUT2D eigenvalue weighted by Gasteiger charge is -2.15. The molecule has 7 nitrogen and oxygen atoms in total. The summed E-state index contributed by atoms with van der Waals surface area (Å²) < 4.78 is 11.5. The van der Waals surface area contributed by atoms with Gasteiger partial charge in [-0.2, -0.15) is 0 Å². The first kappa shape index (κ1) is 23.2. The minimum atomic E-state index is -0.772. The van der Waals surface area contributed by atoms with Gasteiger partial charge < -0.3 is 25.5 Å². The number of hydrogen-bond donors (Lipinski definition) is 2. The van der Waals surface area contributed by atoms with E-state index in [1.807, 2.05) is 19.1 Å². The van der Waals surface area contributed by atoms with E-state index < -0.39 is 5.97 Å². The molecular formula is C24H26ClN3O4. The summed E-state index contributed by atoms with van der Waals surface area (Å²) in [6.07, 6.45) is 0. The number of oxime groups is 1. The summed E-state index contributed by atoms with van der Waals surface area (Å²) in [5, 5.41) is 4.40. The van der Waals surface area contributed by atoms with Crippen LogP contribution in [-0.2, 0) is 11.4 Å². The van der Waals surface area contributed by atoms with Gasteiger partial charge in [-0.1, -0.05) is 42.7 Å². The van der Waals surface area contributed by atoms with Gasteiger partial charge in [-0.05, 0) is 66.8 Å². The van der Waals surface area contributed by atoms with Gasteiger partial charge in [0.25, 0.3) is 0 Å². The molecule has 3 aromatic rings. The van der Waals surface area contributed by atoms with Crippen LogP contribution in [0.25, 0.3) is 0 Å². The molecule has 1 aromatic heterocycles. The average molecular weight is 456 g/mol. The maximum Gasteiger partial charge on any atom is 0.400 e. The second kappa shape index (κ2) is 9.78. The monoisotopic (exact) mass is 455 g/mol. The van der Waals surface area contributed by atoms with E-state index in [4.69, 9.17) is 37.1 Å². The van der Waals surface area contributed by atoms with E-state index in [0.29, 0.717) is 22.0 Å². The molecule has 0 aliphatic carbocycles. The van der Waals surface area contributed by atoms with Crippen molar-refractivity contribution in [3.05, 3.63) is 81.3 Å². The average Bonchev–Trinajstić information content (AvgIpc) is 3.23. The summed E-state index contributed by atoms with van der Waals surface area (Å²) in [5.74, 6) is 0.668. The smallest absolute Gasteiger partial charge is 0.400 e. The highest BCUT2D eigenvalue weighted by Gasteiger charge is 2.16. The highest BCUT2D eigenvalue weighted by atomic mass is 35.5. The van der Waals surface area contributed by atoms with Crippen LogP contribution in [0.15, 0.2) is 52.0 Å². The third kappa shape index (κ3) is 5.23. The van der Waals surface area contributed by atoms with Crippen LogP contribution < -0.4 is 16.2 Å². The number of ether oxygens (including phenoxy) is 1. The lowest BCUT2D eigenvalue weighted by Crippen LogP contribution is -2.17. The number of aryl methyl sites for hydroxylation is 1. The normalized spacial score (nSPS) is 11.6. The number of hydrogen-bond acceptors (Lipinski definition) is 6. The number of halogens is 1. The number of carbonyl (C=O) groups excluding carboxylic acids is 1. The van der Waals surface area contributed by atoms with Crippen molar-refractivity contribution in [1.82, 2.24) is 0 Å². The van der Waals surface area contributed by atoms with Crippen LogP contribution in [0.4, 0.5) is 5.69 Å². The quantitative estimate of drug-likeness (QED) is 0.164. The molecule has 3 rings (SSSR count). The van der Waals surface area contributed by atoms with Crippen LogP contribution in [0, 0.1) is 13.8 Å². The Morgan fingerprint density at radius 2 is 1.94 bits per heavy atom. The molecule has 1 heterocycles. The lowest BCUT2D eigenvalue weighted by molar-refractivity contribution is 0.0475. The van der Waals surface area contributed by atoms with Crippen LogP contribution in [-0.4, -0.2) is 11.8 Å². The van der Waals surface area contributed by atoms with E-state index >= 15 is 0 Å². The second-order valence-corrected chi connectivity index (χ2v) is 8.13. The van der Waals surface area contributed by atoms with Crippen LogP contribution in [0.3, 0.4) is 0 Å². The number of nitrogens with zero attached hydrogens (tertiary/aromatic N) is 1. The standard InChI is InChI=1S/C24H26ClN3O4/c1-13(2)18-11-19(25)14(3)10-22(18)30-12-16-8-9-21(31-16)24(29)32-28-23(27)17-6-5-7-20(26)15(17)4/h5-11,13H,12,26H2,1-4H3,(H2,27,28). The molecule has 168 valence electrons. The molecule has 2 aromatic carbocycles. The minimum absolute atomic E-state index is 0.0131. The summed E-state index contributed by atoms with van der Waals surface area (Å²) in [5.41, 5.74) is 15.6. The van der Waals surface area contributed by atoms with Gasteiger partial charge in [-0.3, -0.25) is 0 Å². The van der Waals surface area contributed by atoms with Crippen LogP contribution in [0.1, 0.15) is 58.3 Å². The number of amidine groups is 1. The zero-order valence-corrected chi connectivity index (χ0v) is 19.2. The van der Waals surface area contributed by atoms with Crippen LogP contribution in [0.5, 0.6) is 5.75 Å². The maximum absolute atomic E-state index is 12.3. The first-order chi connectivity index (χ1) is 15.2. The molecule has 0 saturated carbocycles. The fraction of sp³-hybridized carbons (Fsp3) is 0.250. The van der Waals surface area contributed by atoms with E-state index in [2.05, 4.69) is 19.0 Å². The van der Waals surface area contributed by atoms with Gasteiger partial charge >= 0.3 is 5.97 Å². The van der Waals surface area contributed by atoms with Crippen molar-refractivity contribution in [3.63, 3.8) is 0 Å². The number of rotatable bonds is 7. The van der Waals surface area contributed by atoms with E-state index in [-0.39, 0.29) is 24.1 Å². The fourth-order valence-electron chi connectivity index (χ4n) is 3.08. The Balaban J connectivity index is 1.67. The fourth-order valence-corrected chi connectivity index (χ4v) is 3.25. The number of furan rings is 1. The van der Waals surface area contributed by atoms with Gasteiger partial charge in [0, 0.05) is 16.3 Å². The number of anilines is 1. The second-order valence-electron chi connectivity index (χ2n) is 7.72. The first-order valence-corrected chi connectivity index (χ1v) is 10.5. The molecule has 0 atom stereocenters. The Hall–Kier alpha value is -3.45. The van der Waals surface area contributed by atoms with Crippen molar-refractivity contribution in [2.24, 2.45) is 10.9 Å². The Labute approximate surface area is 191 Å². The topological polar surface area (TPSA) is 113 Å². The molecule has 4 N–H and O–H groups in total. The van der Waals surface area contributed by atoms with Crippen molar-refractivity contribution in [1.29, 1.82) is 0 Å². The minimum Gasteiger partial charge on any atom is -0.485 e. The molecule has 0 aliphatic rings. The van der Waals surface area contributed by atoms with Gasteiger partial charge in [0.1, 0.15) is 18.1 Å². The Bertz CT molecular complexity index is 1170. The van der Waals surface area contributed by atoms with E-state index in [0.717, 1.165) is 22.4 Å². The molecule has 0 spiro atoms. The predicted octanol–water partition coefficient (Wildman–Crippen LogP) is 5.31. The summed E-state index contributed by atoms with van der Waals surface area (Å²) in [6.45, 7) is 7.99. The summed E-state index contributed by atoms with van der Waals surface area (Å²) >= 11 is 6.24. The summed E-state index contributed by atoms with van der Waals surface area (Å²) in [4.78, 5) is 17.2. The number of carbonyl (C=O) groups is 1. The van der Waals surface area contributed by atoms with Crippen molar-refractivity contribution in [3.8, 4) is 5.75 Å². The summed E-state index contributed by atoms with van der Waals surface area (Å²) in [7, 11) is 0. The Morgan fingerprint density at radius 1 is 1.19 bits per heavy atom. The molecule has 0 bridgehead atoms. The molecule has 32 heavy (non-hydrogen) atoms. The first-order valence-electron chi connectivity index (χ1n) is 10.1. The largest absolute Gasteiger partial charge is 0.485 e. The van der Waals surface area contributed by atoms with Crippen molar-refractivity contribution >= 4 is 29.1 Å². The van der Waals surface area contributed by atoms with Gasteiger partial charge in [0.05, 0.1) is 0 Å². The molecular weight excluding hydrogens is 430 g/mol. The van der Waals surface area contributed by atoms with Crippen LogP contribution >= 0.6 is 11.6 Å². The van der Waals surface area contributed by atoms with Crippen molar-refractivity contribution in [2.75, 3.05) is 5.73 Å². The molecule has 8 heteroatoms. The van der Waals surface area contributed by atoms with Gasteiger partial charge in [0.2, 0.25) is 5.76 Å². The summed E-state index contributed by atoms with van der Waals surface area (Å²) in [6, 6.07) is 12.2. The lowest BCUT2D eigenvalue weighted by atomic mass is 10.0. The molecule has 0 fully saturated rings. The van der Waals surface area contributed by atoms with Gasteiger partial charge in [0.15, 0.2) is 5.84 Å². The van der Waals surface area contributed by atoms with Crippen LogP contribution in [0.2, 0.25) is 5.02 Å². The third-order valence-corrected chi connectivity index (χ3v) is 5.43. The zero-order chi connectivity index (χ0) is 23.4. The molecule has 0 unspecified atom stereocenters. The number of benzene rings is 2. The number of nitrogens with two attached hydrogens (primary N) is 2. The van der Waals surface area contributed by atoms with Crippen molar-refractivity contribution < 1.29 is 18.8 Å². The van der Waals surface area contributed by atoms with E-state index in [1.54, 1.807) is 31.2 Å². The maximum atomic E-state index is 12.3. The highest BCUT2D eigenvalue weighted by Crippen LogP contribution is 2.32. The molecule has 0 saturated heterocycles. The SMILES string of the molecule is Cc1cc(OCc2ccc(C(=O)O/N=C(\N)c3cccc(N)c3C)o2)c(C(C)C)cc1Cl. The van der Waals surface area contributed by atoms with Gasteiger partial charge in [-0.25, -0.2) is 4.79 Å². The van der Waals surface area contributed by atoms with Gasteiger partial charge in [-0.15, -0.1) is 0 Å². The Morgan fingerprint density at radius 3 is 2.66 bits per heavy atom. The number of nitrogen functional groups attached to an aromatic ring is 1. The molecule has 0 amide bonds. The van der Waals surface area contributed by atoms with Crippen molar-refractivity contribution in [2.45, 2.75) is 40.2 Å².